The van der Waals surface area contributed by atoms with Gasteiger partial charge in [0.2, 0.25) is 11.8 Å². The third kappa shape index (κ3) is 6.98. The summed E-state index contributed by atoms with van der Waals surface area (Å²) in [5.41, 5.74) is 0.531. The van der Waals surface area contributed by atoms with E-state index in [1.54, 1.807) is 18.2 Å². The normalized spacial score (nSPS) is 17.0. The van der Waals surface area contributed by atoms with Gasteiger partial charge in [-0.1, -0.05) is 37.0 Å². The van der Waals surface area contributed by atoms with Crippen molar-refractivity contribution < 1.29 is 9.59 Å². The van der Waals surface area contributed by atoms with Crippen LogP contribution in [0.5, 0.6) is 0 Å². The lowest BCUT2D eigenvalue weighted by Crippen LogP contribution is -2.44. The fourth-order valence-electron chi connectivity index (χ4n) is 2.99. The Labute approximate surface area is 171 Å². The number of nitrogens with one attached hydrogen (secondary N) is 2. The van der Waals surface area contributed by atoms with E-state index in [1.807, 2.05) is 6.92 Å². The number of carbonyl (C=O) groups is 2. The molecule has 1 aliphatic rings. The van der Waals surface area contributed by atoms with Gasteiger partial charge in [-0.05, 0) is 57.0 Å². The number of anilines is 1. The second kappa shape index (κ2) is 10.3. The average molecular weight is 414 g/mol. The van der Waals surface area contributed by atoms with Gasteiger partial charge in [0.15, 0.2) is 0 Å². The topological polar surface area (TPSA) is 61.4 Å². The van der Waals surface area contributed by atoms with Gasteiger partial charge >= 0.3 is 0 Å². The number of likely N-dealkylation sites (tertiary alicyclic amines) is 1. The molecule has 1 aromatic rings. The highest BCUT2D eigenvalue weighted by molar-refractivity contribution is 6.35. The average Bonchev–Trinajstić information content (AvgIpc) is 2.63. The van der Waals surface area contributed by atoms with E-state index in [4.69, 9.17) is 23.2 Å². The lowest BCUT2D eigenvalue weighted by Gasteiger charge is -2.32. The van der Waals surface area contributed by atoms with Crippen LogP contribution in [0.2, 0.25) is 10.0 Å². The molecule has 2 rings (SSSR count). The number of hydrogen-bond donors (Lipinski definition) is 2. The molecule has 7 heteroatoms. The monoisotopic (exact) mass is 413 g/mol. The SMILES string of the molecule is CC(C)C(C)NC(=O)C1CCN(CCC(=O)Nc2cc(Cl)ccc2Cl)CC1. The fraction of sp³-hybridized carbons (Fsp3) is 0.600. The summed E-state index contributed by atoms with van der Waals surface area (Å²) in [7, 11) is 0. The highest BCUT2D eigenvalue weighted by atomic mass is 35.5. The van der Waals surface area contributed by atoms with E-state index in [2.05, 4.69) is 29.4 Å². The minimum absolute atomic E-state index is 0.0709. The van der Waals surface area contributed by atoms with Gasteiger partial charge in [0.25, 0.3) is 0 Å². The second-order valence-corrected chi connectivity index (χ2v) is 8.42. The van der Waals surface area contributed by atoms with Crippen LogP contribution in [-0.4, -0.2) is 42.4 Å². The number of halogens is 2. The molecule has 1 fully saturated rings. The fourth-order valence-corrected chi connectivity index (χ4v) is 3.33. The number of hydrogen-bond acceptors (Lipinski definition) is 3. The molecule has 0 aliphatic carbocycles. The highest BCUT2D eigenvalue weighted by Crippen LogP contribution is 2.25. The molecule has 0 saturated carbocycles. The zero-order valence-corrected chi connectivity index (χ0v) is 17.7. The number of amides is 2. The van der Waals surface area contributed by atoms with E-state index in [0.717, 1.165) is 25.9 Å². The molecule has 0 spiro atoms. The molecule has 1 atom stereocenters. The zero-order valence-electron chi connectivity index (χ0n) is 16.2. The van der Waals surface area contributed by atoms with Crippen molar-refractivity contribution in [3.63, 3.8) is 0 Å². The Morgan fingerprint density at radius 3 is 2.48 bits per heavy atom. The first-order chi connectivity index (χ1) is 12.8. The molecule has 150 valence electrons. The van der Waals surface area contributed by atoms with Crippen LogP contribution >= 0.6 is 23.2 Å². The van der Waals surface area contributed by atoms with Crippen LogP contribution < -0.4 is 10.6 Å². The lowest BCUT2D eigenvalue weighted by molar-refractivity contribution is -0.127. The van der Waals surface area contributed by atoms with Crippen LogP contribution in [0.25, 0.3) is 0 Å². The minimum atomic E-state index is -0.0928. The third-order valence-corrected chi connectivity index (χ3v) is 5.75. The van der Waals surface area contributed by atoms with Crippen molar-refractivity contribution in [3.05, 3.63) is 28.2 Å². The summed E-state index contributed by atoms with van der Waals surface area (Å²) in [5, 5.41) is 6.91. The van der Waals surface area contributed by atoms with E-state index in [0.29, 0.717) is 34.6 Å². The first-order valence-electron chi connectivity index (χ1n) is 9.54. The first kappa shape index (κ1) is 22.0. The Kier molecular flexibility index (Phi) is 8.39. The summed E-state index contributed by atoms with van der Waals surface area (Å²) in [6.07, 6.45) is 2.04. The van der Waals surface area contributed by atoms with Crippen molar-refractivity contribution in [2.45, 2.75) is 46.1 Å². The van der Waals surface area contributed by atoms with Crippen LogP contribution in [0.1, 0.15) is 40.0 Å². The zero-order chi connectivity index (χ0) is 20.0. The molecule has 0 bridgehead atoms. The van der Waals surface area contributed by atoms with Gasteiger partial charge in [-0.2, -0.15) is 0 Å². The molecule has 0 aromatic heterocycles. The van der Waals surface area contributed by atoms with Crippen molar-refractivity contribution in [1.82, 2.24) is 10.2 Å². The number of piperidine rings is 1. The van der Waals surface area contributed by atoms with Gasteiger partial charge in [-0.15, -0.1) is 0 Å². The van der Waals surface area contributed by atoms with E-state index in [-0.39, 0.29) is 23.8 Å². The Morgan fingerprint density at radius 1 is 1.19 bits per heavy atom. The van der Waals surface area contributed by atoms with E-state index >= 15 is 0 Å². The standard InChI is InChI=1S/C20H29Cl2N3O2/c1-13(2)14(3)23-20(27)15-6-9-25(10-7-15)11-8-19(26)24-18-12-16(21)4-5-17(18)22/h4-5,12-15H,6-11H2,1-3H3,(H,23,27)(H,24,26). The Morgan fingerprint density at radius 2 is 1.85 bits per heavy atom. The first-order valence-corrected chi connectivity index (χ1v) is 10.3. The molecule has 1 unspecified atom stereocenters. The van der Waals surface area contributed by atoms with Gasteiger partial charge < -0.3 is 15.5 Å². The predicted molar refractivity (Wildman–Crippen MR) is 111 cm³/mol. The Balaban J connectivity index is 1.72. The van der Waals surface area contributed by atoms with Crippen LogP contribution in [0.15, 0.2) is 18.2 Å². The van der Waals surface area contributed by atoms with E-state index in [9.17, 15) is 9.59 Å². The van der Waals surface area contributed by atoms with E-state index in [1.165, 1.54) is 0 Å². The molecular weight excluding hydrogens is 385 g/mol. The summed E-state index contributed by atoms with van der Waals surface area (Å²) in [6, 6.07) is 5.18. The van der Waals surface area contributed by atoms with Crippen molar-refractivity contribution in [2.75, 3.05) is 25.0 Å². The number of rotatable bonds is 7. The molecule has 5 nitrogen and oxygen atoms in total. The van der Waals surface area contributed by atoms with Crippen LogP contribution in [0, 0.1) is 11.8 Å². The summed E-state index contributed by atoms with van der Waals surface area (Å²) < 4.78 is 0. The van der Waals surface area contributed by atoms with Crippen molar-refractivity contribution >= 4 is 40.7 Å². The maximum atomic E-state index is 12.3. The summed E-state index contributed by atoms with van der Waals surface area (Å²) in [4.78, 5) is 26.7. The molecule has 2 amide bonds. The number of nitrogens with zero attached hydrogens (tertiary/aromatic N) is 1. The molecule has 1 aromatic carbocycles. The highest BCUT2D eigenvalue weighted by Gasteiger charge is 2.26. The van der Waals surface area contributed by atoms with Gasteiger partial charge in [-0.3, -0.25) is 9.59 Å². The predicted octanol–water partition coefficient (Wildman–Crippen LogP) is 4.19. The van der Waals surface area contributed by atoms with Gasteiger partial charge in [0, 0.05) is 29.9 Å². The number of carbonyl (C=O) groups excluding carboxylic acids is 2. The summed E-state index contributed by atoms with van der Waals surface area (Å²) in [6.45, 7) is 8.59. The minimum Gasteiger partial charge on any atom is -0.353 e. The molecule has 1 aliphatic heterocycles. The van der Waals surface area contributed by atoms with Crippen LogP contribution in [0.3, 0.4) is 0 Å². The van der Waals surface area contributed by atoms with Gasteiger partial charge in [0.05, 0.1) is 10.7 Å². The van der Waals surface area contributed by atoms with Crippen molar-refractivity contribution in [2.24, 2.45) is 11.8 Å². The molecule has 0 radical (unpaired) electrons. The van der Waals surface area contributed by atoms with Crippen LogP contribution in [0.4, 0.5) is 5.69 Å². The van der Waals surface area contributed by atoms with Crippen molar-refractivity contribution in [3.8, 4) is 0 Å². The Hall–Kier alpha value is -1.30. The maximum absolute atomic E-state index is 12.3. The number of benzene rings is 1. The second-order valence-electron chi connectivity index (χ2n) is 7.58. The van der Waals surface area contributed by atoms with Crippen molar-refractivity contribution in [1.29, 1.82) is 0 Å². The molecule has 27 heavy (non-hydrogen) atoms. The summed E-state index contributed by atoms with van der Waals surface area (Å²) >= 11 is 12.0. The third-order valence-electron chi connectivity index (χ3n) is 5.19. The molecular formula is C20H29Cl2N3O2. The Bertz CT molecular complexity index is 659. The smallest absolute Gasteiger partial charge is 0.225 e. The molecule has 2 N–H and O–H groups in total. The molecule has 1 saturated heterocycles. The molecule has 1 heterocycles. The largest absolute Gasteiger partial charge is 0.353 e. The van der Waals surface area contributed by atoms with Crippen LogP contribution in [-0.2, 0) is 9.59 Å². The van der Waals surface area contributed by atoms with Gasteiger partial charge in [0.1, 0.15) is 0 Å². The van der Waals surface area contributed by atoms with Gasteiger partial charge in [-0.25, -0.2) is 0 Å². The summed E-state index contributed by atoms with van der Waals surface area (Å²) in [5.74, 6) is 0.566. The van der Waals surface area contributed by atoms with E-state index < -0.39 is 0 Å². The maximum Gasteiger partial charge on any atom is 0.225 e. The quantitative estimate of drug-likeness (QED) is 0.703. The lowest BCUT2D eigenvalue weighted by atomic mass is 9.94.